The molecule has 1 aromatic heterocycles. The number of non-ortho nitro benzene ring substituents is 1. The second kappa shape index (κ2) is 7.29. The van der Waals surface area contributed by atoms with E-state index in [1.54, 1.807) is 26.0 Å². The fourth-order valence-corrected chi connectivity index (χ4v) is 4.88. The molecule has 0 atom stereocenters. The van der Waals surface area contributed by atoms with Gasteiger partial charge in [0.05, 0.1) is 9.82 Å². The van der Waals surface area contributed by atoms with Gasteiger partial charge in [-0.05, 0) is 38.5 Å². The van der Waals surface area contributed by atoms with Crippen molar-refractivity contribution in [3.05, 3.63) is 49.7 Å². The number of nitrogens with one attached hydrogen (secondary N) is 2. The van der Waals surface area contributed by atoms with Crippen LogP contribution >= 0.6 is 11.3 Å². The van der Waals surface area contributed by atoms with Crippen LogP contribution < -0.4 is 10.0 Å². The van der Waals surface area contributed by atoms with Gasteiger partial charge in [-0.1, -0.05) is 0 Å². The minimum Gasteiger partial charge on any atom is -0.384 e. The Hall–Kier alpha value is -1.97. The van der Waals surface area contributed by atoms with Crippen LogP contribution in [0.25, 0.3) is 0 Å². The number of rotatable bonds is 7. The lowest BCUT2D eigenvalue weighted by atomic mass is 10.2. The predicted octanol–water partition coefficient (Wildman–Crippen LogP) is 2.97. The van der Waals surface area contributed by atoms with Gasteiger partial charge < -0.3 is 5.32 Å². The van der Waals surface area contributed by atoms with Gasteiger partial charge >= 0.3 is 0 Å². The van der Waals surface area contributed by atoms with Gasteiger partial charge in [0.1, 0.15) is 0 Å². The maximum Gasteiger partial charge on any atom is 0.269 e. The molecule has 2 N–H and O–H groups in total. The number of nitro groups is 1. The molecule has 0 aliphatic rings. The Morgan fingerprint density at radius 3 is 2.42 bits per heavy atom. The molecule has 2 aromatic rings. The fourth-order valence-electron chi connectivity index (χ4n) is 2.29. The maximum atomic E-state index is 12.3. The smallest absolute Gasteiger partial charge is 0.269 e. The van der Waals surface area contributed by atoms with E-state index in [0.29, 0.717) is 11.4 Å². The Balaban J connectivity index is 1.93. The van der Waals surface area contributed by atoms with Gasteiger partial charge in [-0.2, -0.15) is 0 Å². The molecule has 0 bridgehead atoms. The number of nitrogens with zero attached hydrogens (tertiary/aromatic N) is 1. The molecule has 24 heavy (non-hydrogen) atoms. The third-order valence-electron chi connectivity index (χ3n) is 3.44. The first-order valence-electron chi connectivity index (χ1n) is 7.26. The number of hydrogen-bond acceptors (Lipinski definition) is 6. The first-order chi connectivity index (χ1) is 11.2. The van der Waals surface area contributed by atoms with E-state index >= 15 is 0 Å². The summed E-state index contributed by atoms with van der Waals surface area (Å²) in [6, 6.07) is 6.17. The van der Waals surface area contributed by atoms with E-state index in [9.17, 15) is 18.5 Å². The summed E-state index contributed by atoms with van der Waals surface area (Å²) in [5.74, 6) is 0. The number of hydrogen-bond donors (Lipinski definition) is 2. The Kier molecular flexibility index (Phi) is 5.58. The molecule has 0 saturated heterocycles. The number of thiophene rings is 1. The summed E-state index contributed by atoms with van der Waals surface area (Å²) in [6.45, 7) is 6.00. The number of nitro benzene ring substituents is 1. The zero-order chi connectivity index (χ0) is 17.9. The minimum absolute atomic E-state index is 0.0297. The van der Waals surface area contributed by atoms with Gasteiger partial charge in [0.25, 0.3) is 5.69 Å². The summed E-state index contributed by atoms with van der Waals surface area (Å²) in [5, 5.41) is 13.8. The van der Waals surface area contributed by atoms with Gasteiger partial charge in [0, 0.05) is 40.7 Å². The first kappa shape index (κ1) is 18.4. The van der Waals surface area contributed by atoms with Crippen LogP contribution in [0.5, 0.6) is 0 Å². The quantitative estimate of drug-likeness (QED) is 0.444. The molecule has 0 fully saturated rings. The van der Waals surface area contributed by atoms with Crippen molar-refractivity contribution in [3.8, 4) is 0 Å². The van der Waals surface area contributed by atoms with Crippen LogP contribution in [0.1, 0.15) is 15.3 Å². The molecule has 0 saturated carbocycles. The van der Waals surface area contributed by atoms with Crippen molar-refractivity contribution in [3.63, 3.8) is 0 Å². The highest BCUT2D eigenvalue weighted by molar-refractivity contribution is 7.89. The third-order valence-corrected chi connectivity index (χ3v) is 6.12. The molecule has 1 aromatic carbocycles. The highest BCUT2D eigenvalue weighted by atomic mass is 32.2. The average Bonchev–Trinajstić information content (AvgIpc) is 2.84. The SMILES string of the molecule is Cc1cc(S(=O)(=O)NCCNc2ccc([N+](=O)[O-])cc2C)c(C)s1. The Morgan fingerprint density at radius 1 is 1.17 bits per heavy atom. The third kappa shape index (κ3) is 4.31. The summed E-state index contributed by atoms with van der Waals surface area (Å²) < 4.78 is 27.1. The molecule has 0 amide bonds. The molecule has 0 spiro atoms. The molecule has 0 unspecified atom stereocenters. The Bertz CT molecular complexity index is 860. The van der Waals surface area contributed by atoms with Crippen LogP contribution in [0.15, 0.2) is 29.2 Å². The number of aryl methyl sites for hydroxylation is 3. The number of benzene rings is 1. The van der Waals surface area contributed by atoms with Crippen LogP contribution in [0, 0.1) is 30.9 Å². The van der Waals surface area contributed by atoms with Crippen molar-refractivity contribution >= 4 is 32.7 Å². The van der Waals surface area contributed by atoms with Gasteiger partial charge in [-0.15, -0.1) is 11.3 Å². The molecule has 2 rings (SSSR count). The zero-order valence-corrected chi connectivity index (χ0v) is 15.3. The molecule has 7 nitrogen and oxygen atoms in total. The lowest BCUT2D eigenvalue weighted by Crippen LogP contribution is -2.29. The minimum atomic E-state index is -3.52. The second-order valence-corrected chi connectivity index (χ2v) is 8.55. The molecule has 0 aliphatic heterocycles. The molecule has 130 valence electrons. The van der Waals surface area contributed by atoms with E-state index in [-0.39, 0.29) is 12.2 Å². The summed E-state index contributed by atoms with van der Waals surface area (Å²) in [7, 11) is -3.52. The van der Waals surface area contributed by atoms with Crippen molar-refractivity contribution < 1.29 is 13.3 Å². The summed E-state index contributed by atoms with van der Waals surface area (Å²) >= 11 is 1.45. The van der Waals surface area contributed by atoms with Gasteiger partial charge in [0.2, 0.25) is 10.0 Å². The van der Waals surface area contributed by atoms with Crippen LogP contribution in [-0.2, 0) is 10.0 Å². The van der Waals surface area contributed by atoms with Crippen LogP contribution in [-0.4, -0.2) is 26.4 Å². The number of anilines is 1. The van der Waals surface area contributed by atoms with Gasteiger partial charge in [-0.25, -0.2) is 13.1 Å². The average molecular weight is 369 g/mol. The van der Waals surface area contributed by atoms with E-state index in [1.165, 1.54) is 23.5 Å². The van der Waals surface area contributed by atoms with Crippen LogP contribution in [0.2, 0.25) is 0 Å². The van der Waals surface area contributed by atoms with Crippen molar-refractivity contribution in [2.45, 2.75) is 25.7 Å². The van der Waals surface area contributed by atoms with Crippen molar-refractivity contribution in [2.24, 2.45) is 0 Å². The summed E-state index contributed by atoms with van der Waals surface area (Å²) in [5.41, 5.74) is 1.50. The largest absolute Gasteiger partial charge is 0.384 e. The molecule has 0 aliphatic carbocycles. The molecule has 9 heteroatoms. The van der Waals surface area contributed by atoms with Crippen molar-refractivity contribution in [1.82, 2.24) is 4.72 Å². The van der Waals surface area contributed by atoms with Gasteiger partial charge in [-0.3, -0.25) is 10.1 Å². The Labute approximate surface area is 144 Å². The predicted molar refractivity (Wildman–Crippen MR) is 95.3 cm³/mol. The lowest BCUT2D eigenvalue weighted by Gasteiger charge is -2.10. The summed E-state index contributed by atoms with van der Waals surface area (Å²) in [6.07, 6.45) is 0. The molecule has 0 radical (unpaired) electrons. The van der Waals surface area contributed by atoms with Crippen molar-refractivity contribution in [1.29, 1.82) is 0 Å². The van der Waals surface area contributed by atoms with E-state index < -0.39 is 14.9 Å². The highest BCUT2D eigenvalue weighted by Crippen LogP contribution is 2.24. The van der Waals surface area contributed by atoms with E-state index in [0.717, 1.165) is 21.0 Å². The van der Waals surface area contributed by atoms with E-state index in [1.807, 2.05) is 6.92 Å². The number of sulfonamides is 1. The lowest BCUT2D eigenvalue weighted by molar-refractivity contribution is -0.384. The van der Waals surface area contributed by atoms with Crippen LogP contribution in [0.3, 0.4) is 0 Å². The maximum absolute atomic E-state index is 12.3. The molecular weight excluding hydrogens is 350 g/mol. The molecular formula is C15H19N3O4S2. The second-order valence-electron chi connectivity index (χ2n) is 5.36. The van der Waals surface area contributed by atoms with Gasteiger partial charge in [0.15, 0.2) is 0 Å². The van der Waals surface area contributed by atoms with E-state index in [2.05, 4.69) is 10.0 Å². The standard InChI is InChI=1S/C15H19N3O4S2/c1-10-8-13(18(19)20)4-5-14(10)16-6-7-17-24(21,22)15-9-11(2)23-12(15)3/h4-5,8-9,16-17H,6-7H2,1-3H3. The van der Waals surface area contributed by atoms with Crippen LogP contribution in [0.4, 0.5) is 11.4 Å². The fraction of sp³-hybridized carbons (Fsp3) is 0.333. The highest BCUT2D eigenvalue weighted by Gasteiger charge is 2.18. The van der Waals surface area contributed by atoms with Crippen molar-refractivity contribution in [2.75, 3.05) is 18.4 Å². The topological polar surface area (TPSA) is 101 Å². The summed E-state index contributed by atoms with van der Waals surface area (Å²) in [4.78, 5) is 12.3. The zero-order valence-electron chi connectivity index (χ0n) is 13.6. The Morgan fingerprint density at radius 2 is 1.88 bits per heavy atom. The molecule has 1 heterocycles. The monoisotopic (exact) mass is 369 g/mol. The first-order valence-corrected chi connectivity index (χ1v) is 9.56. The normalized spacial score (nSPS) is 11.5. The van der Waals surface area contributed by atoms with E-state index in [4.69, 9.17) is 0 Å².